The summed E-state index contributed by atoms with van der Waals surface area (Å²) in [5.41, 5.74) is 0.679. The van der Waals surface area contributed by atoms with Gasteiger partial charge in [0.2, 0.25) is 0 Å². The van der Waals surface area contributed by atoms with Gasteiger partial charge in [0, 0.05) is 15.8 Å². The molecular formula is C19H29NS. The number of hydrogen-bond acceptors (Lipinski definition) is 2. The molecule has 4 fully saturated rings. The molecule has 0 saturated heterocycles. The van der Waals surface area contributed by atoms with E-state index in [1.165, 1.54) is 37.0 Å². The molecule has 116 valence electrons. The van der Waals surface area contributed by atoms with E-state index >= 15 is 0 Å². The molecule has 1 aromatic heterocycles. The Balaban J connectivity index is 1.53. The van der Waals surface area contributed by atoms with Gasteiger partial charge in [0.25, 0.3) is 0 Å². The molecule has 2 heteroatoms. The molecule has 1 atom stereocenters. The Kier molecular flexibility index (Phi) is 3.66. The predicted molar refractivity (Wildman–Crippen MR) is 90.7 cm³/mol. The zero-order chi connectivity index (χ0) is 14.4. The summed E-state index contributed by atoms with van der Waals surface area (Å²) in [6, 6.07) is 5.31. The molecule has 21 heavy (non-hydrogen) atoms. The van der Waals surface area contributed by atoms with Crippen LogP contribution in [0.3, 0.4) is 0 Å². The van der Waals surface area contributed by atoms with Gasteiger partial charge in [0.15, 0.2) is 0 Å². The predicted octanol–water partition coefficient (Wildman–Crippen LogP) is 5.18. The molecule has 4 aliphatic rings. The van der Waals surface area contributed by atoms with Gasteiger partial charge in [-0.25, -0.2) is 0 Å². The van der Waals surface area contributed by atoms with E-state index in [0.717, 1.165) is 17.8 Å². The fourth-order valence-corrected chi connectivity index (χ4v) is 7.15. The molecule has 4 aliphatic carbocycles. The topological polar surface area (TPSA) is 12.0 Å². The molecule has 0 aliphatic heterocycles. The summed E-state index contributed by atoms with van der Waals surface area (Å²) in [7, 11) is 2.16. The molecular weight excluding hydrogens is 274 g/mol. The second kappa shape index (κ2) is 5.38. The normalized spacial score (nSPS) is 38.9. The first-order valence-electron chi connectivity index (χ1n) is 8.95. The molecule has 1 aromatic rings. The Morgan fingerprint density at radius 3 is 2.24 bits per heavy atom. The van der Waals surface area contributed by atoms with Crippen molar-refractivity contribution >= 4 is 11.3 Å². The van der Waals surface area contributed by atoms with Crippen molar-refractivity contribution in [2.45, 2.75) is 64.3 Å². The first-order chi connectivity index (χ1) is 10.2. The first kappa shape index (κ1) is 14.3. The third-order valence-corrected chi connectivity index (χ3v) is 7.87. The van der Waals surface area contributed by atoms with Gasteiger partial charge >= 0.3 is 0 Å². The van der Waals surface area contributed by atoms with Crippen LogP contribution < -0.4 is 5.32 Å². The SMILES string of the molecule is CCc1ccc(C(CC23CC4CC(CC(C4)C2)C3)NC)s1. The van der Waals surface area contributed by atoms with E-state index in [0.29, 0.717) is 11.5 Å². The molecule has 4 saturated carbocycles. The van der Waals surface area contributed by atoms with Gasteiger partial charge in [0.1, 0.15) is 0 Å². The third-order valence-electron chi connectivity index (χ3n) is 6.53. The lowest BCUT2D eigenvalue weighted by atomic mass is 9.48. The van der Waals surface area contributed by atoms with Crippen LogP contribution in [0.5, 0.6) is 0 Å². The lowest BCUT2D eigenvalue weighted by molar-refractivity contribution is -0.0618. The maximum absolute atomic E-state index is 3.64. The van der Waals surface area contributed by atoms with E-state index in [9.17, 15) is 0 Å². The zero-order valence-corrected chi connectivity index (χ0v) is 14.3. The highest BCUT2D eigenvalue weighted by Gasteiger charge is 2.51. The summed E-state index contributed by atoms with van der Waals surface area (Å²) in [4.78, 5) is 3.11. The fourth-order valence-electron chi connectivity index (χ4n) is 6.09. The quantitative estimate of drug-likeness (QED) is 0.790. The molecule has 1 N–H and O–H groups in total. The van der Waals surface area contributed by atoms with Crippen LogP contribution in [0.4, 0.5) is 0 Å². The Morgan fingerprint density at radius 1 is 1.14 bits per heavy atom. The Bertz CT molecular complexity index is 468. The van der Waals surface area contributed by atoms with Crippen LogP contribution in [-0.4, -0.2) is 7.05 Å². The Hall–Kier alpha value is -0.340. The van der Waals surface area contributed by atoms with Gasteiger partial charge in [-0.2, -0.15) is 0 Å². The smallest absolute Gasteiger partial charge is 0.0417 e. The average molecular weight is 304 g/mol. The van der Waals surface area contributed by atoms with Crippen LogP contribution in [0.15, 0.2) is 12.1 Å². The number of nitrogens with one attached hydrogen (secondary N) is 1. The lowest BCUT2D eigenvalue weighted by Gasteiger charge is -2.57. The summed E-state index contributed by atoms with van der Waals surface area (Å²) in [6.45, 7) is 2.27. The summed E-state index contributed by atoms with van der Waals surface area (Å²) in [6.07, 6.45) is 11.8. The molecule has 4 bridgehead atoms. The van der Waals surface area contributed by atoms with Crippen molar-refractivity contribution in [3.05, 3.63) is 21.9 Å². The summed E-state index contributed by atoms with van der Waals surface area (Å²) in [5.74, 6) is 3.22. The van der Waals surface area contributed by atoms with E-state index in [2.05, 4.69) is 31.4 Å². The molecule has 0 spiro atoms. The maximum Gasteiger partial charge on any atom is 0.0417 e. The second-order valence-corrected chi connectivity index (χ2v) is 9.32. The van der Waals surface area contributed by atoms with E-state index in [1.54, 1.807) is 24.1 Å². The number of aryl methyl sites for hydroxylation is 1. The highest BCUT2D eigenvalue weighted by molar-refractivity contribution is 7.12. The van der Waals surface area contributed by atoms with Crippen LogP contribution in [-0.2, 0) is 6.42 Å². The highest BCUT2D eigenvalue weighted by Crippen LogP contribution is 2.62. The van der Waals surface area contributed by atoms with E-state index in [1.807, 2.05) is 11.3 Å². The fraction of sp³-hybridized carbons (Fsp3) is 0.789. The van der Waals surface area contributed by atoms with Gasteiger partial charge in [-0.15, -0.1) is 11.3 Å². The molecule has 1 heterocycles. The van der Waals surface area contributed by atoms with Crippen molar-refractivity contribution in [2.24, 2.45) is 23.2 Å². The second-order valence-electron chi connectivity index (χ2n) is 8.12. The third kappa shape index (κ3) is 2.59. The van der Waals surface area contributed by atoms with E-state index < -0.39 is 0 Å². The van der Waals surface area contributed by atoms with Crippen LogP contribution in [0.1, 0.15) is 67.7 Å². The minimum Gasteiger partial charge on any atom is -0.312 e. The highest BCUT2D eigenvalue weighted by atomic mass is 32.1. The van der Waals surface area contributed by atoms with Crippen molar-refractivity contribution in [2.75, 3.05) is 7.05 Å². The Labute approximate surface area is 133 Å². The number of hydrogen-bond donors (Lipinski definition) is 1. The standard InChI is InChI=1S/C19H29NS/c1-3-16-4-5-18(21-16)17(20-2)12-19-9-13-6-14(10-19)8-15(7-13)11-19/h4-5,13-15,17,20H,3,6-12H2,1-2H3. The van der Waals surface area contributed by atoms with Crippen LogP contribution in [0, 0.1) is 23.2 Å². The van der Waals surface area contributed by atoms with Gasteiger partial charge in [-0.1, -0.05) is 6.92 Å². The molecule has 0 amide bonds. The van der Waals surface area contributed by atoms with Gasteiger partial charge in [-0.3, -0.25) is 0 Å². The molecule has 5 rings (SSSR count). The van der Waals surface area contributed by atoms with Crippen LogP contribution in [0.25, 0.3) is 0 Å². The van der Waals surface area contributed by atoms with Crippen LogP contribution in [0.2, 0.25) is 0 Å². The summed E-state index contributed by atoms with van der Waals surface area (Å²) >= 11 is 2.03. The van der Waals surface area contributed by atoms with Gasteiger partial charge < -0.3 is 5.32 Å². The van der Waals surface area contributed by atoms with Gasteiger partial charge in [0.05, 0.1) is 0 Å². The molecule has 1 unspecified atom stereocenters. The average Bonchev–Trinajstić information content (AvgIpc) is 2.92. The monoisotopic (exact) mass is 303 g/mol. The molecule has 0 aromatic carbocycles. The zero-order valence-electron chi connectivity index (χ0n) is 13.5. The number of thiophene rings is 1. The lowest BCUT2D eigenvalue weighted by Crippen LogP contribution is -2.47. The van der Waals surface area contributed by atoms with Crippen molar-refractivity contribution in [1.82, 2.24) is 5.32 Å². The van der Waals surface area contributed by atoms with Crippen molar-refractivity contribution < 1.29 is 0 Å². The van der Waals surface area contributed by atoms with E-state index in [4.69, 9.17) is 0 Å². The molecule has 0 radical (unpaired) electrons. The van der Waals surface area contributed by atoms with Crippen LogP contribution >= 0.6 is 11.3 Å². The first-order valence-corrected chi connectivity index (χ1v) is 9.77. The summed E-state index contributed by atoms with van der Waals surface area (Å²) in [5, 5.41) is 3.64. The van der Waals surface area contributed by atoms with Gasteiger partial charge in [-0.05, 0) is 93.7 Å². The largest absolute Gasteiger partial charge is 0.312 e. The summed E-state index contributed by atoms with van der Waals surface area (Å²) < 4.78 is 0. The molecule has 1 nitrogen and oxygen atoms in total. The minimum atomic E-state index is 0.589. The van der Waals surface area contributed by atoms with Crippen molar-refractivity contribution in [1.29, 1.82) is 0 Å². The van der Waals surface area contributed by atoms with Crippen molar-refractivity contribution in [3.8, 4) is 0 Å². The minimum absolute atomic E-state index is 0.589. The van der Waals surface area contributed by atoms with Crippen molar-refractivity contribution in [3.63, 3.8) is 0 Å². The Morgan fingerprint density at radius 2 is 1.76 bits per heavy atom. The number of rotatable bonds is 5. The van der Waals surface area contributed by atoms with E-state index in [-0.39, 0.29) is 0 Å². The maximum atomic E-state index is 3.64.